The van der Waals surface area contributed by atoms with Crippen molar-refractivity contribution in [2.45, 2.75) is 13.2 Å². The predicted octanol–water partition coefficient (Wildman–Crippen LogP) is 3.79. The Bertz CT molecular complexity index is 833. The molecule has 2 aromatic carbocycles. The number of anilines is 1. The zero-order valence-electron chi connectivity index (χ0n) is 13.1. The van der Waals surface area contributed by atoms with Crippen molar-refractivity contribution in [2.24, 2.45) is 0 Å². The molecule has 5 nitrogen and oxygen atoms in total. The van der Waals surface area contributed by atoms with Gasteiger partial charge in [0.15, 0.2) is 0 Å². The number of nitrogens with zero attached hydrogens (tertiary/aromatic N) is 2. The lowest BCUT2D eigenvalue weighted by Crippen LogP contribution is -2.16. The first-order valence-corrected chi connectivity index (χ1v) is 7.54. The van der Waals surface area contributed by atoms with Gasteiger partial charge in [0, 0.05) is 11.6 Å². The second-order valence-corrected chi connectivity index (χ2v) is 5.22. The standard InChI is InChI=1S/C18H15F2N3O2/c19-18(20)25-15-8-6-14(7-9-15)17(24)22-16-10-11-21-23(16)12-13-4-2-1-3-5-13/h1-11,18H,12H2,(H,22,24). The second kappa shape index (κ2) is 7.57. The number of nitrogens with one attached hydrogen (secondary N) is 1. The maximum absolute atomic E-state index is 12.3. The topological polar surface area (TPSA) is 56.2 Å². The molecule has 1 N–H and O–H groups in total. The molecular weight excluding hydrogens is 328 g/mol. The number of alkyl halides is 2. The Morgan fingerprint density at radius 3 is 2.48 bits per heavy atom. The molecule has 0 saturated heterocycles. The van der Waals surface area contributed by atoms with Crippen molar-refractivity contribution in [1.29, 1.82) is 0 Å². The Morgan fingerprint density at radius 2 is 1.80 bits per heavy atom. The predicted molar refractivity (Wildman–Crippen MR) is 88.8 cm³/mol. The fraction of sp³-hybridized carbons (Fsp3) is 0.111. The third-order valence-corrected chi connectivity index (χ3v) is 3.47. The van der Waals surface area contributed by atoms with E-state index in [0.717, 1.165) is 5.56 Å². The van der Waals surface area contributed by atoms with Crippen LogP contribution in [0.5, 0.6) is 5.75 Å². The molecule has 3 aromatic rings. The van der Waals surface area contributed by atoms with Gasteiger partial charge in [-0.2, -0.15) is 13.9 Å². The summed E-state index contributed by atoms with van der Waals surface area (Å²) in [6.07, 6.45) is 1.60. The third-order valence-electron chi connectivity index (χ3n) is 3.47. The first-order valence-electron chi connectivity index (χ1n) is 7.54. The second-order valence-electron chi connectivity index (χ2n) is 5.22. The Kier molecular flexibility index (Phi) is 5.03. The van der Waals surface area contributed by atoms with Crippen LogP contribution >= 0.6 is 0 Å². The molecular formula is C18H15F2N3O2. The number of hydrogen-bond acceptors (Lipinski definition) is 3. The largest absolute Gasteiger partial charge is 0.435 e. The van der Waals surface area contributed by atoms with Gasteiger partial charge in [-0.15, -0.1) is 0 Å². The molecule has 1 amide bonds. The van der Waals surface area contributed by atoms with Crippen LogP contribution in [0.15, 0.2) is 66.9 Å². The van der Waals surface area contributed by atoms with Crippen molar-refractivity contribution in [2.75, 3.05) is 5.32 Å². The SMILES string of the molecule is O=C(Nc1ccnn1Cc1ccccc1)c1ccc(OC(F)F)cc1. The summed E-state index contributed by atoms with van der Waals surface area (Å²) in [5.41, 5.74) is 1.38. The molecule has 7 heteroatoms. The van der Waals surface area contributed by atoms with E-state index in [-0.39, 0.29) is 11.7 Å². The van der Waals surface area contributed by atoms with Crippen LogP contribution in [0.1, 0.15) is 15.9 Å². The summed E-state index contributed by atoms with van der Waals surface area (Å²) in [6, 6.07) is 16.9. The first kappa shape index (κ1) is 16.6. The molecule has 0 bridgehead atoms. The monoisotopic (exact) mass is 343 g/mol. The van der Waals surface area contributed by atoms with E-state index < -0.39 is 6.61 Å². The van der Waals surface area contributed by atoms with Crippen LogP contribution < -0.4 is 10.1 Å². The van der Waals surface area contributed by atoms with Crippen molar-refractivity contribution in [3.8, 4) is 5.75 Å². The number of aromatic nitrogens is 2. The average Bonchev–Trinajstić information content (AvgIpc) is 3.02. The lowest BCUT2D eigenvalue weighted by atomic mass is 10.2. The van der Waals surface area contributed by atoms with Crippen LogP contribution in [0.3, 0.4) is 0 Å². The Morgan fingerprint density at radius 1 is 1.08 bits per heavy atom. The zero-order chi connectivity index (χ0) is 17.6. The number of carbonyl (C=O) groups is 1. The van der Waals surface area contributed by atoms with Gasteiger partial charge in [0.25, 0.3) is 5.91 Å². The molecule has 3 rings (SSSR count). The maximum atomic E-state index is 12.3. The van der Waals surface area contributed by atoms with E-state index in [1.807, 2.05) is 30.3 Å². The summed E-state index contributed by atoms with van der Waals surface area (Å²) in [5.74, 6) is 0.181. The van der Waals surface area contributed by atoms with Gasteiger partial charge in [-0.3, -0.25) is 4.79 Å². The number of amides is 1. The lowest BCUT2D eigenvalue weighted by molar-refractivity contribution is -0.0498. The summed E-state index contributed by atoms with van der Waals surface area (Å²) < 4.78 is 30.2. The van der Waals surface area contributed by atoms with E-state index in [4.69, 9.17) is 0 Å². The van der Waals surface area contributed by atoms with Crippen LogP contribution in [-0.4, -0.2) is 22.3 Å². The van der Waals surface area contributed by atoms with Gasteiger partial charge < -0.3 is 10.1 Å². The molecule has 1 heterocycles. The van der Waals surface area contributed by atoms with E-state index in [0.29, 0.717) is 17.9 Å². The molecule has 0 atom stereocenters. The van der Waals surface area contributed by atoms with Crippen LogP contribution in [0.2, 0.25) is 0 Å². The van der Waals surface area contributed by atoms with Crippen molar-refractivity contribution >= 4 is 11.7 Å². The average molecular weight is 343 g/mol. The van der Waals surface area contributed by atoms with Gasteiger partial charge in [0.05, 0.1) is 12.7 Å². The summed E-state index contributed by atoms with van der Waals surface area (Å²) in [7, 11) is 0. The first-order chi connectivity index (χ1) is 12.1. The molecule has 1 aromatic heterocycles. The summed E-state index contributed by atoms with van der Waals surface area (Å²) in [4.78, 5) is 12.3. The maximum Gasteiger partial charge on any atom is 0.387 e. The highest BCUT2D eigenvalue weighted by Crippen LogP contribution is 2.16. The van der Waals surface area contributed by atoms with Gasteiger partial charge in [0.1, 0.15) is 11.6 Å². The minimum atomic E-state index is -2.90. The minimum absolute atomic E-state index is 0.000620. The molecule has 0 saturated carbocycles. The van der Waals surface area contributed by atoms with Crippen LogP contribution in [0, 0.1) is 0 Å². The molecule has 0 aliphatic heterocycles. The van der Waals surface area contributed by atoms with Crippen LogP contribution in [-0.2, 0) is 6.54 Å². The highest BCUT2D eigenvalue weighted by atomic mass is 19.3. The number of halogens is 2. The molecule has 0 radical (unpaired) electrons. The van der Waals surface area contributed by atoms with Gasteiger partial charge in [0.2, 0.25) is 0 Å². The minimum Gasteiger partial charge on any atom is -0.435 e. The van der Waals surface area contributed by atoms with E-state index >= 15 is 0 Å². The molecule has 0 fully saturated rings. The smallest absolute Gasteiger partial charge is 0.387 e. The molecule has 0 unspecified atom stereocenters. The number of carbonyl (C=O) groups excluding carboxylic acids is 1. The molecule has 0 aliphatic rings. The normalized spacial score (nSPS) is 10.7. The fourth-order valence-electron chi connectivity index (χ4n) is 2.30. The number of rotatable bonds is 6. The van der Waals surface area contributed by atoms with E-state index in [2.05, 4.69) is 15.2 Å². The quantitative estimate of drug-likeness (QED) is 0.741. The number of hydrogen-bond donors (Lipinski definition) is 1. The Hall–Kier alpha value is -3.22. The van der Waals surface area contributed by atoms with Gasteiger partial charge in [-0.25, -0.2) is 4.68 Å². The molecule has 0 spiro atoms. The lowest BCUT2D eigenvalue weighted by Gasteiger charge is -2.10. The van der Waals surface area contributed by atoms with Crippen LogP contribution in [0.25, 0.3) is 0 Å². The molecule has 128 valence electrons. The fourth-order valence-corrected chi connectivity index (χ4v) is 2.30. The van der Waals surface area contributed by atoms with Crippen molar-refractivity contribution in [1.82, 2.24) is 9.78 Å². The number of benzene rings is 2. The van der Waals surface area contributed by atoms with Crippen molar-refractivity contribution < 1.29 is 18.3 Å². The Balaban J connectivity index is 1.68. The molecule has 0 aliphatic carbocycles. The van der Waals surface area contributed by atoms with Crippen molar-refractivity contribution in [3.05, 3.63) is 78.0 Å². The molecule has 25 heavy (non-hydrogen) atoms. The highest BCUT2D eigenvalue weighted by molar-refractivity contribution is 6.03. The Labute approximate surface area is 142 Å². The van der Waals surface area contributed by atoms with Crippen LogP contribution in [0.4, 0.5) is 14.6 Å². The highest BCUT2D eigenvalue weighted by Gasteiger charge is 2.11. The van der Waals surface area contributed by atoms with E-state index in [1.165, 1.54) is 24.3 Å². The zero-order valence-corrected chi connectivity index (χ0v) is 13.1. The summed E-state index contributed by atoms with van der Waals surface area (Å²) in [5, 5.41) is 6.96. The van der Waals surface area contributed by atoms with E-state index in [9.17, 15) is 13.6 Å². The summed E-state index contributed by atoms with van der Waals surface area (Å²) >= 11 is 0. The third kappa shape index (κ3) is 4.41. The van der Waals surface area contributed by atoms with Gasteiger partial charge in [-0.1, -0.05) is 30.3 Å². The van der Waals surface area contributed by atoms with Gasteiger partial charge >= 0.3 is 6.61 Å². The van der Waals surface area contributed by atoms with E-state index in [1.54, 1.807) is 16.9 Å². The number of ether oxygens (including phenoxy) is 1. The van der Waals surface area contributed by atoms with Gasteiger partial charge in [-0.05, 0) is 29.8 Å². The van der Waals surface area contributed by atoms with Crippen molar-refractivity contribution in [3.63, 3.8) is 0 Å². The summed E-state index contributed by atoms with van der Waals surface area (Å²) in [6.45, 7) is -2.38.